The second-order valence-electron chi connectivity index (χ2n) is 7.06. The molecule has 0 saturated heterocycles. The molecule has 0 amide bonds. The predicted octanol–water partition coefficient (Wildman–Crippen LogP) is 3.55. The van der Waals surface area contributed by atoms with E-state index in [1.165, 1.54) is 16.7 Å². The van der Waals surface area contributed by atoms with Crippen LogP contribution in [0, 0.1) is 17.3 Å². The van der Waals surface area contributed by atoms with Crippen LogP contribution in [-0.4, -0.2) is 17.0 Å². The first-order valence-corrected chi connectivity index (χ1v) is 7.83. The third-order valence-corrected chi connectivity index (χ3v) is 6.08. The lowest BCUT2D eigenvalue weighted by atomic mass is 9.58. The molecule has 0 bridgehead atoms. The zero-order chi connectivity index (χ0) is 16.6. The summed E-state index contributed by atoms with van der Waals surface area (Å²) in [5.74, 6) is 0.572. The summed E-state index contributed by atoms with van der Waals surface area (Å²) >= 11 is 0. The van der Waals surface area contributed by atoms with Gasteiger partial charge in [0.05, 0.1) is 7.45 Å². The summed E-state index contributed by atoms with van der Waals surface area (Å²) in [5.41, 5.74) is 3.20. The molecule has 1 saturated carbocycles. The molecule has 1 N–H and O–H groups in total. The van der Waals surface area contributed by atoms with Gasteiger partial charge in [-0.1, -0.05) is 18.6 Å². The third-order valence-electron chi connectivity index (χ3n) is 6.08. The molecule has 0 aromatic carbocycles. The number of hydrogen-bond acceptors (Lipinski definition) is 2. The van der Waals surface area contributed by atoms with Crippen molar-refractivity contribution in [1.82, 2.24) is 0 Å². The second-order valence-corrected chi connectivity index (χ2v) is 7.06. The van der Waals surface area contributed by atoms with E-state index in [1.54, 1.807) is 0 Å². The Morgan fingerprint density at radius 2 is 2.25 bits per heavy atom. The summed E-state index contributed by atoms with van der Waals surface area (Å²) in [6.07, 6.45) is 2.90. The zero-order valence-corrected chi connectivity index (χ0v) is 12.0. The van der Waals surface area contributed by atoms with Gasteiger partial charge in [-0.15, -0.1) is 0 Å². The van der Waals surface area contributed by atoms with Gasteiger partial charge in [-0.3, -0.25) is 4.79 Å². The number of aliphatic hydroxyl groups is 1. The molecule has 108 valence electrons. The first kappa shape index (κ1) is 9.94. The van der Waals surface area contributed by atoms with Crippen LogP contribution in [0.5, 0.6) is 0 Å². The number of ketones is 1. The number of hydrogen-bond donors (Lipinski definition) is 1. The van der Waals surface area contributed by atoms with E-state index in [4.69, 9.17) is 4.11 Å². The minimum atomic E-state index is -2.04. The number of Topliss-reactive ketones (excluding diaryl/α,β-unsaturated/α-hetero) is 1. The molecule has 4 aliphatic carbocycles. The van der Waals surface area contributed by atoms with E-state index in [-0.39, 0.29) is 18.3 Å². The summed E-state index contributed by atoms with van der Waals surface area (Å²) in [6.45, 7) is 1.89. The Morgan fingerprint density at radius 1 is 1.40 bits per heavy atom. The van der Waals surface area contributed by atoms with Gasteiger partial charge in [-0.25, -0.2) is 0 Å². The molecule has 0 spiro atoms. The zero-order valence-electron chi connectivity index (χ0n) is 15.0. The number of fused-ring (bicyclic) bond motifs is 4. The Bertz CT molecular complexity index is 647. The van der Waals surface area contributed by atoms with E-state index in [0.717, 1.165) is 19.3 Å². The van der Waals surface area contributed by atoms with Gasteiger partial charge in [0, 0.05) is 21.0 Å². The number of allylic oxidation sites excluding steroid dienone is 4. The fraction of sp³-hybridized carbons (Fsp3) is 0.722. The lowest BCUT2D eigenvalue weighted by Gasteiger charge is -2.46. The molecule has 0 heterocycles. The van der Waals surface area contributed by atoms with E-state index in [0.29, 0.717) is 25.0 Å². The maximum atomic E-state index is 11.7. The van der Waals surface area contributed by atoms with Crippen molar-refractivity contribution in [3.8, 4) is 0 Å². The summed E-state index contributed by atoms with van der Waals surface area (Å²) < 4.78 is 24.7. The van der Waals surface area contributed by atoms with Crippen molar-refractivity contribution in [1.29, 1.82) is 0 Å². The summed E-state index contributed by atoms with van der Waals surface area (Å²) in [6, 6.07) is 0. The Labute approximate surface area is 125 Å². The number of rotatable bonds is 0. The minimum absolute atomic E-state index is 0.00618. The highest BCUT2D eigenvalue weighted by Crippen LogP contribution is 2.58. The second kappa shape index (κ2) is 4.30. The van der Waals surface area contributed by atoms with E-state index >= 15 is 0 Å². The molecule has 4 rings (SSSR count). The van der Waals surface area contributed by atoms with Gasteiger partial charge >= 0.3 is 0 Å². The Kier molecular flexibility index (Phi) is 2.14. The van der Waals surface area contributed by atoms with Crippen molar-refractivity contribution < 1.29 is 14.0 Å². The van der Waals surface area contributed by atoms with E-state index < -0.39 is 17.9 Å². The lowest BCUT2D eigenvalue weighted by Crippen LogP contribution is -2.40. The van der Waals surface area contributed by atoms with Crippen LogP contribution in [0.4, 0.5) is 0 Å². The minimum Gasteiger partial charge on any atom is -0.393 e. The average molecular weight is 275 g/mol. The van der Waals surface area contributed by atoms with Gasteiger partial charge in [0.25, 0.3) is 0 Å². The maximum Gasteiger partial charge on any atom is 0.137 e. The molecule has 4 aliphatic rings. The summed E-state index contributed by atoms with van der Waals surface area (Å²) in [4.78, 5) is 11.7. The molecule has 4 atom stereocenters. The van der Waals surface area contributed by atoms with Gasteiger partial charge in [-0.2, -0.15) is 0 Å². The fourth-order valence-electron chi connectivity index (χ4n) is 4.83. The maximum absolute atomic E-state index is 11.7. The van der Waals surface area contributed by atoms with E-state index in [2.05, 4.69) is 6.08 Å². The highest BCUT2D eigenvalue weighted by Gasteiger charge is 2.52. The topological polar surface area (TPSA) is 37.3 Å². The van der Waals surface area contributed by atoms with Gasteiger partial charge in [0.2, 0.25) is 0 Å². The molecule has 0 unspecified atom stereocenters. The van der Waals surface area contributed by atoms with Crippen molar-refractivity contribution in [2.24, 2.45) is 17.3 Å². The van der Waals surface area contributed by atoms with Crippen LogP contribution in [0.3, 0.4) is 0 Å². The summed E-state index contributed by atoms with van der Waals surface area (Å²) in [7, 11) is 0. The molecule has 2 heteroatoms. The van der Waals surface area contributed by atoms with Crippen molar-refractivity contribution in [2.75, 3.05) is 0 Å². The molecule has 0 radical (unpaired) electrons. The molecular weight excluding hydrogens is 248 g/mol. The Balaban J connectivity index is 1.76. The van der Waals surface area contributed by atoms with Crippen molar-refractivity contribution in [3.05, 3.63) is 22.8 Å². The highest BCUT2D eigenvalue weighted by molar-refractivity contribution is 5.83. The first-order valence-electron chi connectivity index (χ1n) is 9.33. The number of carbonyl (C=O) groups excluding carboxylic acids is 1. The van der Waals surface area contributed by atoms with Crippen LogP contribution in [0.15, 0.2) is 22.8 Å². The molecule has 0 aromatic heterocycles. The molecule has 1 fully saturated rings. The highest BCUT2D eigenvalue weighted by atomic mass is 16.3. The SMILES string of the molecule is [2H]C1([2H])C[C@H]2[C@@H]3CCC4=C(CCC(=O)C4)C3=CC[C@]2(C)[C@@]1([2H])O. The first-order chi connectivity index (χ1) is 10.7. The Morgan fingerprint density at radius 3 is 3.10 bits per heavy atom. The van der Waals surface area contributed by atoms with Crippen LogP contribution in [0.25, 0.3) is 0 Å². The van der Waals surface area contributed by atoms with Crippen LogP contribution in [0.2, 0.25) is 0 Å². The molecule has 0 aromatic rings. The normalized spacial score (nSPS) is 52.2. The molecule has 2 nitrogen and oxygen atoms in total. The quantitative estimate of drug-likeness (QED) is 0.734. The van der Waals surface area contributed by atoms with E-state index in [9.17, 15) is 9.90 Å². The van der Waals surface area contributed by atoms with Gasteiger partial charge < -0.3 is 5.11 Å². The lowest BCUT2D eigenvalue weighted by molar-refractivity contribution is -0.118. The molecular formula is C18H24O2. The standard InChI is InChI=1S/C18H24O2/c1-18-9-8-14-13-5-3-12(19)10-11(13)2-4-15(14)16(18)6-7-17(18)20/h8,15-17,20H,2-7,9-10H2,1H3/t15-,16+,17+,18+/m1/s1/i7D2,17D. The predicted molar refractivity (Wildman–Crippen MR) is 78.1 cm³/mol. The monoisotopic (exact) mass is 275 g/mol. The summed E-state index contributed by atoms with van der Waals surface area (Å²) in [5, 5.41) is 10.6. The molecule has 0 aliphatic heterocycles. The fourth-order valence-corrected chi connectivity index (χ4v) is 4.83. The van der Waals surface area contributed by atoms with Crippen LogP contribution >= 0.6 is 0 Å². The van der Waals surface area contributed by atoms with Crippen LogP contribution < -0.4 is 0 Å². The Hall–Kier alpha value is -0.890. The largest absolute Gasteiger partial charge is 0.393 e. The van der Waals surface area contributed by atoms with E-state index in [1.807, 2.05) is 6.92 Å². The van der Waals surface area contributed by atoms with Crippen molar-refractivity contribution in [2.45, 2.75) is 64.3 Å². The van der Waals surface area contributed by atoms with Crippen molar-refractivity contribution in [3.63, 3.8) is 0 Å². The van der Waals surface area contributed by atoms with Gasteiger partial charge in [-0.05, 0) is 61.5 Å². The third kappa shape index (κ3) is 1.64. The van der Waals surface area contributed by atoms with Crippen LogP contribution in [0.1, 0.15) is 62.4 Å². The average Bonchev–Trinajstić information content (AvgIpc) is 2.62. The number of carbonyl (C=O) groups is 1. The van der Waals surface area contributed by atoms with Gasteiger partial charge in [0.15, 0.2) is 0 Å². The molecule has 20 heavy (non-hydrogen) atoms. The van der Waals surface area contributed by atoms with Crippen LogP contribution in [-0.2, 0) is 4.79 Å². The van der Waals surface area contributed by atoms with Crippen molar-refractivity contribution >= 4 is 5.78 Å². The van der Waals surface area contributed by atoms with Gasteiger partial charge in [0.1, 0.15) is 5.78 Å². The smallest absolute Gasteiger partial charge is 0.137 e.